The highest BCUT2D eigenvalue weighted by Crippen LogP contribution is 2.23. The monoisotopic (exact) mass is 228 g/mol. The first-order chi connectivity index (χ1) is 8.22. The van der Waals surface area contributed by atoms with Gasteiger partial charge in [-0.15, -0.1) is 0 Å². The topological polar surface area (TPSA) is 48.1 Å². The lowest BCUT2D eigenvalue weighted by Crippen LogP contribution is -2.13. The number of benzene rings is 1. The molecule has 0 radical (unpaired) electrons. The highest BCUT2D eigenvalue weighted by atomic mass is 16.5. The zero-order valence-corrected chi connectivity index (χ0v) is 10.1. The van der Waals surface area contributed by atoms with Gasteiger partial charge in [-0.2, -0.15) is 0 Å². The SMILES string of the molecule is COc1cc(C)c([C@@H](N)c2ccccc2)cn1. The number of methoxy groups -OCH3 is 1. The standard InChI is InChI=1S/C14H16N2O/c1-10-8-13(17-2)16-9-12(10)14(15)11-6-4-3-5-7-11/h3-9,14H,15H2,1-2H3/t14-/m0/s1. The molecule has 2 rings (SSSR count). The Morgan fingerprint density at radius 3 is 2.53 bits per heavy atom. The summed E-state index contributed by atoms with van der Waals surface area (Å²) in [4.78, 5) is 4.20. The van der Waals surface area contributed by atoms with Gasteiger partial charge < -0.3 is 10.5 Å². The summed E-state index contributed by atoms with van der Waals surface area (Å²) >= 11 is 0. The van der Waals surface area contributed by atoms with E-state index in [1.54, 1.807) is 13.3 Å². The molecule has 0 bridgehead atoms. The summed E-state index contributed by atoms with van der Waals surface area (Å²) in [5, 5.41) is 0. The zero-order valence-electron chi connectivity index (χ0n) is 10.1. The molecule has 0 saturated heterocycles. The van der Waals surface area contributed by atoms with Crippen LogP contribution in [0.1, 0.15) is 22.7 Å². The van der Waals surface area contributed by atoms with Gasteiger partial charge in [-0.05, 0) is 23.6 Å². The molecule has 1 atom stereocenters. The number of aryl methyl sites for hydroxylation is 1. The fourth-order valence-corrected chi connectivity index (χ4v) is 1.82. The molecule has 3 nitrogen and oxygen atoms in total. The van der Waals surface area contributed by atoms with Gasteiger partial charge in [-0.3, -0.25) is 0 Å². The smallest absolute Gasteiger partial charge is 0.213 e. The Morgan fingerprint density at radius 1 is 1.24 bits per heavy atom. The summed E-state index contributed by atoms with van der Waals surface area (Å²) in [6.45, 7) is 2.02. The Labute approximate surface area is 101 Å². The van der Waals surface area contributed by atoms with Crippen molar-refractivity contribution in [3.8, 4) is 5.88 Å². The molecule has 1 heterocycles. The fraction of sp³-hybridized carbons (Fsp3) is 0.214. The van der Waals surface area contributed by atoms with E-state index in [1.165, 1.54) is 0 Å². The maximum absolute atomic E-state index is 6.23. The van der Waals surface area contributed by atoms with Crippen LogP contribution in [0, 0.1) is 6.92 Å². The lowest BCUT2D eigenvalue weighted by molar-refractivity contribution is 0.397. The number of nitrogens with two attached hydrogens (primary N) is 1. The van der Waals surface area contributed by atoms with E-state index in [-0.39, 0.29) is 6.04 Å². The van der Waals surface area contributed by atoms with Gasteiger partial charge in [0.1, 0.15) is 0 Å². The first kappa shape index (κ1) is 11.6. The van der Waals surface area contributed by atoms with E-state index < -0.39 is 0 Å². The molecule has 0 aliphatic heterocycles. The molecule has 0 unspecified atom stereocenters. The molecule has 0 aliphatic rings. The van der Waals surface area contributed by atoms with Gasteiger partial charge in [0.05, 0.1) is 13.2 Å². The summed E-state index contributed by atoms with van der Waals surface area (Å²) in [7, 11) is 1.61. The van der Waals surface area contributed by atoms with E-state index in [0.717, 1.165) is 16.7 Å². The van der Waals surface area contributed by atoms with Gasteiger partial charge >= 0.3 is 0 Å². The second-order valence-electron chi connectivity index (χ2n) is 3.97. The molecule has 0 fully saturated rings. The molecule has 1 aromatic heterocycles. The molecular weight excluding hydrogens is 212 g/mol. The van der Waals surface area contributed by atoms with Crippen LogP contribution in [0.5, 0.6) is 5.88 Å². The first-order valence-electron chi connectivity index (χ1n) is 5.53. The Morgan fingerprint density at radius 2 is 1.94 bits per heavy atom. The van der Waals surface area contributed by atoms with Gasteiger partial charge in [0.2, 0.25) is 5.88 Å². The molecule has 17 heavy (non-hydrogen) atoms. The van der Waals surface area contributed by atoms with Crippen LogP contribution < -0.4 is 10.5 Å². The van der Waals surface area contributed by atoms with Crippen molar-refractivity contribution in [1.82, 2.24) is 4.98 Å². The van der Waals surface area contributed by atoms with Crippen LogP contribution in [0.15, 0.2) is 42.6 Å². The Balaban J connectivity index is 2.34. The van der Waals surface area contributed by atoms with E-state index in [1.807, 2.05) is 43.3 Å². The third-order valence-corrected chi connectivity index (χ3v) is 2.83. The number of hydrogen-bond donors (Lipinski definition) is 1. The molecule has 0 spiro atoms. The lowest BCUT2D eigenvalue weighted by atomic mass is 9.98. The van der Waals surface area contributed by atoms with Gasteiger partial charge in [0.15, 0.2) is 0 Å². The van der Waals surface area contributed by atoms with Crippen LogP contribution in [-0.4, -0.2) is 12.1 Å². The van der Waals surface area contributed by atoms with Crippen LogP contribution >= 0.6 is 0 Å². The molecular formula is C14H16N2O. The van der Waals surface area contributed by atoms with E-state index in [4.69, 9.17) is 10.5 Å². The van der Waals surface area contributed by atoms with Gasteiger partial charge in [0.25, 0.3) is 0 Å². The maximum atomic E-state index is 6.23. The van der Waals surface area contributed by atoms with Gasteiger partial charge in [0, 0.05) is 12.3 Å². The Kier molecular flexibility index (Phi) is 3.40. The molecule has 0 aliphatic carbocycles. The lowest BCUT2D eigenvalue weighted by Gasteiger charge is -2.15. The number of nitrogens with zero attached hydrogens (tertiary/aromatic N) is 1. The second kappa shape index (κ2) is 4.97. The van der Waals surface area contributed by atoms with Crippen LogP contribution in [0.3, 0.4) is 0 Å². The van der Waals surface area contributed by atoms with Crippen molar-refractivity contribution in [2.75, 3.05) is 7.11 Å². The van der Waals surface area contributed by atoms with Crippen molar-refractivity contribution >= 4 is 0 Å². The van der Waals surface area contributed by atoms with E-state index >= 15 is 0 Å². The summed E-state index contributed by atoms with van der Waals surface area (Å²) in [6, 6.07) is 11.8. The summed E-state index contributed by atoms with van der Waals surface area (Å²) < 4.78 is 5.08. The third-order valence-electron chi connectivity index (χ3n) is 2.83. The molecule has 0 saturated carbocycles. The summed E-state index contributed by atoms with van der Waals surface area (Å²) in [5.41, 5.74) is 9.43. The van der Waals surface area contributed by atoms with Crippen LogP contribution in [0.2, 0.25) is 0 Å². The minimum absolute atomic E-state index is 0.144. The number of aromatic nitrogens is 1. The van der Waals surface area contributed by atoms with Crippen molar-refractivity contribution in [2.45, 2.75) is 13.0 Å². The van der Waals surface area contributed by atoms with Crippen molar-refractivity contribution < 1.29 is 4.74 Å². The largest absolute Gasteiger partial charge is 0.481 e. The van der Waals surface area contributed by atoms with Gasteiger partial charge in [-0.25, -0.2) is 4.98 Å². The van der Waals surface area contributed by atoms with Crippen molar-refractivity contribution in [1.29, 1.82) is 0 Å². The first-order valence-corrected chi connectivity index (χ1v) is 5.53. The van der Waals surface area contributed by atoms with E-state index in [9.17, 15) is 0 Å². The second-order valence-corrected chi connectivity index (χ2v) is 3.97. The Bertz CT molecular complexity index is 497. The van der Waals surface area contributed by atoms with Crippen molar-refractivity contribution in [3.05, 3.63) is 59.3 Å². The maximum Gasteiger partial charge on any atom is 0.213 e. The molecule has 1 aromatic carbocycles. The number of ether oxygens (including phenoxy) is 1. The third kappa shape index (κ3) is 2.45. The highest BCUT2D eigenvalue weighted by molar-refractivity contribution is 5.36. The highest BCUT2D eigenvalue weighted by Gasteiger charge is 2.12. The minimum Gasteiger partial charge on any atom is -0.481 e. The predicted molar refractivity (Wildman–Crippen MR) is 68.0 cm³/mol. The van der Waals surface area contributed by atoms with E-state index in [2.05, 4.69) is 4.98 Å². The number of hydrogen-bond acceptors (Lipinski definition) is 3. The zero-order chi connectivity index (χ0) is 12.3. The predicted octanol–water partition coefficient (Wildman–Crippen LogP) is 2.45. The average molecular weight is 228 g/mol. The van der Waals surface area contributed by atoms with E-state index in [0.29, 0.717) is 5.88 Å². The van der Waals surface area contributed by atoms with Crippen LogP contribution in [-0.2, 0) is 0 Å². The normalized spacial score (nSPS) is 12.2. The fourth-order valence-electron chi connectivity index (χ4n) is 1.82. The van der Waals surface area contributed by atoms with Gasteiger partial charge in [-0.1, -0.05) is 30.3 Å². The quantitative estimate of drug-likeness (QED) is 0.877. The molecule has 2 aromatic rings. The average Bonchev–Trinajstić information content (AvgIpc) is 2.39. The summed E-state index contributed by atoms with van der Waals surface area (Å²) in [5.74, 6) is 0.617. The minimum atomic E-state index is -0.144. The molecule has 2 N–H and O–H groups in total. The molecule has 0 amide bonds. The number of rotatable bonds is 3. The van der Waals surface area contributed by atoms with Crippen molar-refractivity contribution in [3.63, 3.8) is 0 Å². The Hall–Kier alpha value is -1.87. The van der Waals surface area contributed by atoms with Crippen LogP contribution in [0.4, 0.5) is 0 Å². The number of pyridine rings is 1. The van der Waals surface area contributed by atoms with Crippen molar-refractivity contribution in [2.24, 2.45) is 5.73 Å². The molecule has 3 heteroatoms. The van der Waals surface area contributed by atoms with Crippen LogP contribution in [0.25, 0.3) is 0 Å². The molecule has 88 valence electrons. The summed E-state index contributed by atoms with van der Waals surface area (Å²) in [6.07, 6.45) is 1.78.